The second kappa shape index (κ2) is 8.98. The van der Waals surface area contributed by atoms with Crippen molar-refractivity contribution in [3.05, 3.63) is 24.3 Å². The number of cyclic esters (lactones) is 1. The van der Waals surface area contributed by atoms with E-state index >= 15 is 0 Å². The van der Waals surface area contributed by atoms with Crippen LogP contribution in [0.5, 0.6) is 0 Å². The molecule has 0 aliphatic carbocycles. The molecule has 2 fully saturated rings. The van der Waals surface area contributed by atoms with E-state index < -0.39 is 35.0 Å². The molecule has 8 nitrogen and oxygen atoms in total. The van der Waals surface area contributed by atoms with Gasteiger partial charge < -0.3 is 24.4 Å². The average Bonchev–Trinajstić information content (AvgIpc) is 3.07. The van der Waals surface area contributed by atoms with Gasteiger partial charge in [-0.25, -0.2) is 0 Å². The molecule has 4 rings (SSSR count). The normalized spacial score (nSPS) is 36.3. The predicted molar refractivity (Wildman–Crippen MR) is 116 cm³/mol. The molecule has 1 unspecified atom stereocenters. The van der Waals surface area contributed by atoms with Crippen molar-refractivity contribution in [2.24, 2.45) is 11.8 Å². The molecule has 4 aliphatic rings. The molecule has 0 aromatic rings. The number of aliphatic hydroxyl groups is 1. The predicted octanol–water partition coefficient (Wildman–Crippen LogP) is 1.43. The van der Waals surface area contributed by atoms with Crippen LogP contribution >= 0.6 is 0 Å². The summed E-state index contributed by atoms with van der Waals surface area (Å²) in [6.45, 7) is 5.57. The molecule has 176 valence electrons. The monoisotopic (exact) mass is 446 g/mol. The van der Waals surface area contributed by atoms with E-state index in [0.717, 1.165) is 12.8 Å². The summed E-state index contributed by atoms with van der Waals surface area (Å²) in [5.41, 5.74) is -2.25. The highest BCUT2D eigenvalue weighted by Crippen LogP contribution is 2.57. The number of hydrogen-bond donors (Lipinski definition) is 1. The quantitative estimate of drug-likeness (QED) is 0.361. The first-order valence-corrected chi connectivity index (χ1v) is 11.8. The van der Waals surface area contributed by atoms with Crippen LogP contribution < -0.4 is 0 Å². The molecule has 1 N–H and O–H groups in total. The van der Waals surface area contributed by atoms with Crippen molar-refractivity contribution in [2.45, 2.75) is 63.2 Å². The molecule has 0 aromatic carbocycles. The van der Waals surface area contributed by atoms with E-state index in [1.54, 1.807) is 9.80 Å². The first kappa shape index (κ1) is 23.0. The largest absolute Gasteiger partial charge is 0.465 e. The second-order valence-corrected chi connectivity index (χ2v) is 9.36. The van der Waals surface area contributed by atoms with Crippen LogP contribution in [-0.2, 0) is 23.9 Å². The number of ether oxygens (including phenoxy) is 2. The Hall–Kier alpha value is -2.19. The molecular weight excluding hydrogens is 412 g/mol. The molecule has 0 saturated carbocycles. The molecule has 4 heterocycles. The molecule has 1 spiro atoms. The number of carbonyl (C=O) groups is 3. The van der Waals surface area contributed by atoms with Crippen molar-refractivity contribution >= 4 is 17.8 Å². The number of rotatable bonds is 7. The minimum Gasteiger partial charge on any atom is -0.465 e. The molecule has 2 amide bonds. The highest BCUT2D eigenvalue weighted by atomic mass is 16.6. The van der Waals surface area contributed by atoms with E-state index in [-0.39, 0.29) is 25.0 Å². The fourth-order valence-electron chi connectivity index (χ4n) is 5.72. The van der Waals surface area contributed by atoms with Crippen molar-refractivity contribution in [3.8, 4) is 0 Å². The summed E-state index contributed by atoms with van der Waals surface area (Å²) in [7, 11) is 0. The van der Waals surface area contributed by atoms with Crippen molar-refractivity contribution in [3.63, 3.8) is 0 Å². The van der Waals surface area contributed by atoms with E-state index in [9.17, 15) is 19.5 Å². The molecule has 0 bridgehead atoms. The summed E-state index contributed by atoms with van der Waals surface area (Å²) >= 11 is 0. The Morgan fingerprint density at radius 3 is 2.62 bits per heavy atom. The summed E-state index contributed by atoms with van der Waals surface area (Å²) in [4.78, 5) is 44.1. The minimum atomic E-state index is -1.22. The fourth-order valence-corrected chi connectivity index (χ4v) is 5.72. The van der Waals surface area contributed by atoms with Crippen LogP contribution in [0.15, 0.2) is 24.3 Å². The van der Waals surface area contributed by atoms with Gasteiger partial charge in [-0.05, 0) is 32.6 Å². The third-order valence-electron chi connectivity index (χ3n) is 7.19. The van der Waals surface area contributed by atoms with Gasteiger partial charge in [-0.2, -0.15) is 0 Å². The van der Waals surface area contributed by atoms with E-state index in [4.69, 9.17) is 9.47 Å². The summed E-state index contributed by atoms with van der Waals surface area (Å²) in [6, 6.07) is -0.833. The van der Waals surface area contributed by atoms with Gasteiger partial charge >= 0.3 is 5.97 Å². The highest BCUT2D eigenvalue weighted by molar-refractivity contribution is 5.99. The van der Waals surface area contributed by atoms with E-state index in [1.165, 1.54) is 0 Å². The van der Waals surface area contributed by atoms with Gasteiger partial charge in [0.2, 0.25) is 11.8 Å². The number of aliphatic hydroxyl groups excluding tert-OH is 1. The lowest BCUT2D eigenvalue weighted by Gasteiger charge is -2.37. The van der Waals surface area contributed by atoms with Crippen molar-refractivity contribution < 1.29 is 29.0 Å². The Kier molecular flexibility index (Phi) is 6.45. The van der Waals surface area contributed by atoms with Crippen molar-refractivity contribution in [1.82, 2.24) is 9.80 Å². The Morgan fingerprint density at radius 1 is 1.06 bits per heavy atom. The van der Waals surface area contributed by atoms with Crippen molar-refractivity contribution in [2.75, 3.05) is 32.8 Å². The summed E-state index contributed by atoms with van der Waals surface area (Å²) in [5, 5.41) is 9.23. The topological polar surface area (TPSA) is 96.4 Å². The van der Waals surface area contributed by atoms with Crippen LogP contribution in [-0.4, -0.2) is 82.8 Å². The molecular formula is C24H34N2O6. The van der Waals surface area contributed by atoms with Gasteiger partial charge in [-0.1, -0.05) is 37.6 Å². The van der Waals surface area contributed by atoms with Gasteiger partial charge in [-0.15, -0.1) is 0 Å². The van der Waals surface area contributed by atoms with Crippen LogP contribution in [0.1, 0.15) is 46.0 Å². The van der Waals surface area contributed by atoms with Crippen LogP contribution in [0.3, 0.4) is 0 Å². The third-order valence-corrected chi connectivity index (χ3v) is 7.19. The number of carbonyl (C=O) groups excluding carboxylic acids is 3. The molecule has 0 aromatic heterocycles. The fraction of sp³-hybridized carbons (Fsp3) is 0.708. The molecule has 5 atom stereocenters. The summed E-state index contributed by atoms with van der Waals surface area (Å²) in [6.07, 6.45) is 11.1. The lowest BCUT2D eigenvalue weighted by atomic mass is 9.74. The highest BCUT2D eigenvalue weighted by Gasteiger charge is 2.74. The Bertz CT molecular complexity index is 825. The average molecular weight is 447 g/mol. The van der Waals surface area contributed by atoms with Crippen LogP contribution in [0.2, 0.25) is 0 Å². The van der Waals surface area contributed by atoms with E-state index in [1.807, 2.05) is 31.2 Å². The van der Waals surface area contributed by atoms with E-state index in [2.05, 4.69) is 6.92 Å². The van der Waals surface area contributed by atoms with Gasteiger partial charge in [0.1, 0.15) is 17.6 Å². The number of hydrogen-bond acceptors (Lipinski definition) is 6. The van der Waals surface area contributed by atoms with Crippen LogP contribution in [0.25, 0.3) is 0 Å². The Labute approximate surface area is 189 Å². The maximum atomic E-state index is 13.8. The Morgan fingerprint density at radius 2 is 1.88 bits per heavy atom. The first-order chi connectivity index (χ1) is 15.4. The van der Waals surface area contributed by atoms with Crippen LogP contribution in [0.4, 0.5) is 0 Å². The zero-order valence-electron chi connectivity index (χ0n) is 19.0. The van der Waals surface area contributed by atoms with Gasteiger partial charge in [0.05, 0.1) is 18.1 Å². The maximum absolute atomic E-state index is 13.8. The third kappa shape index (κ3) is 3.57. The number of nitrogens with zero attached hydrogens (tertiary/aromatic N) is 2. The zero-order chi connectivity index (χ0) is 22.9. The Balaban J connectivity index is 1.79. The standard InChI is InChI=1S/C24H34N2O6/c1-3-4-12-25-13-9-11-24-17(18-22(30)31-16-8-5-10-23(18,2)32-24)20(28)26(14-6-7-15-27)19(24)21(25)29/h5,9-11,17-19,27H,3-4,6-8,12-16H2,1-2H3/t17-,18+,19?,23-,24-/m0/s1. The molecule has 8 heteroatoms. The number of likely N-dealkylation sites (tertiary alicyclic amines) is 1. The van der Waals surface area contributed by atoms with Gasteiger partial charge in [-0.3, -0.25) is 14.4 Å². The molecule has 4 aliphatic heterocycles. The summed E-state index contributed by atoms with van der Waals surface area (Å²) in [5.74, 6) is -2.48. The van der Waals surface area contributed by atoms with Crippen LogP contribution in [0, 0.1) is 11.8 Å². The van der Waals surface area contributed by atoms with Gasteiger partial charge in [0.15, 0.2) is 0 Å². The lowest BCUT2D eigenvalue weighted by molar-refractivity contribution is -0.160. The SMILES string of the molecule is CCCCN1CC=C[C@]23O[C@@]4(C)C=CCCOC(=O)[C@H]4[C@H]2C(=O)N(CCCCO)C3C1=O. The van der Waals surface area contributed by atoms with E-state index in [0.29, 0.717) is 38.9 Å². The zero-order valence-corrected chi connectivity index (χ0v) is 19.0. The van der Waals surface area contributed by atoms with Crippen molar-refractivity contribution in [1.29, 1.82) is 0 Å². The lowest BCUT2D eigenvalue weighted by Crippen LogP contribution is -2.56. The number of amides is 2. The summed E-state index contributed by atoms with van der Waals surface area (Å²) < 4.78 is 12.1. The molecule has 32 heavy (non-hydrogen) atoms. The maximum Gasteiger partial charge on any atom is 0.313 e. The first-order valence-electron chi connectivity index (χ1n) is 11.8. The smallest absolute Gasteiger partial charge is 0.313 e. The molecule has 2 saturated heterocycles. The van der Waals surface area contributed by atoms with Gasteiger partial charge in [0.25, 0.3) is 0 Å². The number of unbranched alkanes of at least 4 members (excludes halogenated alkanes) is 2. The van der Waals surface area contributed by atoms with Gasteiger partial charge in [0, 0.05) is 26.2 Å². The molecule has 0 radical (unpaired) electrons. The number of esters is 1. The number of fused-ring (bicyclic) bond motifs is 2. The second-order valence-electron chi connectivity index (χ2n) is 9.36. The minimum absolute atomic E-state index is 0.0199.